The normalized spacial score (nSPS) is 19.5. The molecule has 1 aliphatic rings. The van der Waals surface area contributed by atoms with Gasteiger partial charge >= 0.3 is 6.36 Å². The zero-order valence-corrected chi connectivity index (χ0v) is 17.2. The number of benzene rings is 2. The molecule has 160 valence electrons. The standard InChI is InChI=1S/C21H21F3N2O3S/c1-26-12-11-15(13-7-9-14(10-8-13)29-21(22,23)24)18(20(26)28)19(27)25-16-5-3-4-6-17(16)30-2/h3-10,15,18H,11-12H2,1-2H3,(H,25,27)/t15-,18+/m1/s1. The van der Waals surface area contributed by atoms with Gasteiger partial charge in [0.15, 0.2) is 0 Å². The van der Waals surface area contributed by atoms with Crippen LogP contribution in [0.3, 0.4) is 0 Å². The summed E-state index contributed by atoms with van der Waals surface area (Å²) in [6, 6.07) is 12.6. The van der Waals surface area contributed by atoms with Crippen LogP contribution in [0.2, 0.25) is 0 Å². The molecule has 1 heterocycles. The second-order valence-electron chi connectivity index (χ2n) is 6.94. The molecule has 1 saturated heterocycles. The van der Waals surface area contributed by atoms with Gasteiger partial charge in [-0.25, -0.2) is 0 Å². The largest absolute Gasteiger partial charge is 0.573 e. The molecule has 2 amide bonds. The molecule has 0 radical (unpaired) electrons. The van der Waals surface area contributed by atoms with Crippen molar-refractivity contribution in [2.75, 3.05) is 25.2 Å². The third-order valence-electron chi connectivity index (χ3n) is 5.01. The first-order valence-corrected chi connectivity index (χ1v) is 10.5. The second kappa shape index (κ2) is 8.99. The van der Waals surface area contributed by atoms with Crippen LogP contribution in [0.15, 0.2) is 53.4 Å². The van der Waals surface area contributed by atoms with E-state index in [-0.39, 0.29) is 11.7 Å². The fourth-order valence-corrected chi connectivity index (χ4v) is 4.10. The lowest BCUT2D eigenvalue weighted by Crippen LogP contribution is -2.47. The van der Waals surface area contributed by atoms with Crippen LogP contribution in [0.1, 0.15) is 17.9 Å². The third-order valence-corrected chi connectivity index (χ3v) is 5.81. The lowest BCUT2D eigenvalue weighted by Gasteiger charge is -2.35. The lowest BCUT2D eigenvalue weighted by molar-refractivity contribution is -0.274. The predicted molar refractivity (Wildman–Crippen MR) is 108 cm³/mol. The van der Waals surface area contributed by atoms with Crippen molar-refractivity contribution in [1.82, 2.24) is 4.90 Å². The quantitative estimate of drug-likeness (QED) is 0.551. The van der Waals surface area contributed by atoms with Gasteiger partial charge < -0.3 is 15.0 Å². The highest BCUT2D eigenvalue weighted by Crippen LogP contribution is 2.36. The van der Waals surface area contributed by atoms with E-state index in [4.69, 9.17) is 0 Å². The van der Waals surface area contributed by atoms with E-state index in [9.17, 15) is 22.8 Å². The molecular weight excluding hydrogens is 417 g/mol. The second-order valence-corrected chi connectivity index (χ2v) is 7.79. The maximum absolute atomic E-state index is 13.1. The van der Waals surface area contributed by atoms with Crippen LogP contribution in [0.4, 0.5) is 18.9 Å². The summed E-state index contributed by atoms with van der Waals surface area (Å²) in [6.07, 6.45) is -2.37. The minimum Gasteiger partial charge on any atom is -0.406 e. The first-order chi connectivity index (χ1) is 14.2. The van der Waals surface area contributed by atoms with Crippen molar-refractivity contribution in [2.24, 2.45) is 5.92 Å². The SMILES string of the molecule is CSc1ccccc1NC(=O)[C@H]1C(=O)N(C)CC[C@@H]1c1ccc(OC(F)(F)F)cc1. The number of para-hydroxylation sites is 1. The molecule has 2 aromatic carbocycles. The Bertz CT molecular complexity index is 918. The molecule has 9 heteroatoms. The number of anilines is 1. The topological polar surface area (TPSA) is 58.6 Å². The summed E-state index contributed by atoms with van der Waals surface area (Å²) in [5.41, 5.74) is 1.23. The molecule has 0 spiro atoms. The van der Waals surface area contributed by atoms with Crippen LogP contribution in [-0.4, -0.2) is 42.9 Å². The van der Waals surface area contributed by atoms with E-state index in [1.165, 1.54) is 40.9 Å². The van der Waals surface area contributed by atoms with E-state index in [0.29, 0.717) is 24.2 Å². The molecule has 2 aromatic rings. The van der Waals surface area contributed by atoms with Crippen LogP contribution in [0.25, 0.3) is 0 Å². The predicted octanol–water partition coefficient (Wildman–Crippen LogP) is 4.51. The van der Waals surface area contributed by atoms with Gasteiger partial charge in [-0.3, -0.25) is 9.59 Å². The molecule has 0 aromatic heterocycles. The average Bonchev–Trinajstić information content (AvgIpc) is 2.69. The molecule has 3 rings (SSSR count). The Labute approximate surface area is 176 Å². The summed E-state index contributed by atoms with van der Waals surface area (Å²) >= 11 is 1.47. The van der Waals surface area contributed by atoms with Crippen LogP contribution in [0.5, 0.6) is 5.75 Å². The number of hydrogen-bond donors (Lipinski definition) is 1. The molecule has 1 N–H and O–H groups in total. The summed E-state index contributed by atoms with van der Waals surface area (Å²) in [7, 11) is 1.63. The average molecular weight is 438 g/mol. The molecule has 1 aliphatic heterocycles. The Hall–Kier alpha value is -2.68. The van der Waals surface area contributed by atoms with Crippen molar-refractivity contribution < 1.29 is 27.5 Å². The Kier molecular flexibility index (Phi) is 6.60. The number of rotatable bonds is 5. The van der Waals surface area contributed by atoms with Crippen molar-refractivity contribution >= 4 is 29.3 Å². The Morgan fingerprint density at radius 1 is 1.17 bits per heavy atom. The van der Waals surface area contributed by atoms with Crippen LogP contribution in [0, 0.1) is 5.92 Å². The molecule has 30 heavy (non-hydrogen) atoms. The summed E-state index contributed by atoms with van der Waals surface area (Å²) in [6.45, 7) is 0.454. The van der Waals surface area contributed by atoms with Gasteiger partial charge in [-0.05, 0) is 42.5 Å². The number of piperidine rings is 1. The van der Waals surface area contributed by atoms with Gasteiger partial charge in [0.25, 0.3) is 0 Å². The minimum absolute atomic E-state index is 0.319. The van der Waals surface area contributed by atoms with E-state index in [0.717, 1.165) is 4.90 Å². The molecule has 0 saturated carbocycles. The fourth-order valence-electron chi connectivity index (χ4n) is 3.55. The highest BCUT2D eigenvalue weighted by Gasteiger charge is 2.41. The Morgan fingerprint density at radius 3 is 2.47 bits per heavy atom. The summed E-state index contributed by atoms with van der Waals surface area (Å²) in [5, 5.41) is 2.84. The minimum atomic E-state index is -4.78. The smallest absolute Gasteiger partial charge is 0.406 e. The van der Waals surface area contributed by atoms with E-state index >= 15 is 0 Å². The summed E-state index contributed by atoms with van der Waals surface area (Å²) < 4.78 is 41.1. The number of carbonyl (C=O) groups is 2. The number of hydrogen-bond acceptors (Lipinski definition) is 4. The maximum atomic E-state index is 13.1. The number of carbonyl (C=O) groups excluding carboxylic acids is 2. The summed E-state index contributed by atoms with van der Waals surface area (Å²) in [4.78, 5) is 28.3. The van der Waals surface area contributed by atoms with Gasteiger partial charge in [0.05, 0.1) is 5.69 Å². The van der Waals surface area contributed by atoms with Crippen molar-refractivity contribution in [3.05, 3.63) is 54.1 Å². The first kappa shape index (κ1) is 22.0. The highest BCUT2D eigenvalue weighted by atomic mass is 32.2. The van der Waals surface area contributed by atoms with Gasteiger partial charge in [-0.15, -0.1) is 24.9 Å². The molecule has 1 fully saturated rings. The zero-order valence-electron chi connectivity index (χ0n) is 16.4. The third kappa shape index (κ3) is 5.08. The number of amides is 2. The Balaban J connectivity index is 1.85. The van der Waals surface area contributed by atoms with E-state index in [2.05, 4.69) is 10.1 Å². The zero-order chi connectivity index (χ0) is 21.9. The first-order valence-electron chi connectivity index (χ1n) is 9.24. The lowest BCUT2D eigenvalue weighted by atomic mass is 9.79. The number of likely N-dealkylation sites (tertiary alicyclic amines) is 1. The molecule has 0 unspecified atom stereocenters. The van der Waals surface area contributed by atoms with E-state index in [1.54, 1.807) is 19.2 Å². The Morgan fingerprint density at radius 2 is 1.83 bits per heavy atom. The van der Waals surface area contributed by atoms with Crippen LogP contribution in [-0.2, 0) is 9.59 Å². The maximum Gasteiger partial charge on any atom is 0.573 e. The molecule has 0 aliphatic carbocycles. The van der Waals surface area contributed by atoms with Gasteiger partial charge in [-0.1, -0.05) is 24.3 Å². The van der Waals surface area contributed by atoms with Crippen molar-refractivity contribution in [1.29, 1.82) is 0 Å². The van der Waals surface area contributed by atoms with Gasteiger partial charge in [0.2, 0.25) is 11.8 Å². The van der Waals surface area contributed by atoms with Crippen molar-refractivity contribution in [3.8, 4) is 5.75 Å². The van der Waals surface area contributed by atoms with E-state index < -0.39 is 24.1 Å². The van der Waals surface area contributed by atoms with Gasteiger partial charge in [0, 0.05) is 24.4 Å². The monoisotopic (exact) mass is 438 g/mol. The highest BCUT2D eigenvalue weighted by molar-refractivity contribution is 7.98. The number of thioether (sulfide) groups is 1. The van der Waals surface area contributed by atoms with E-state index in [1.807, 2.05) is 18.4 Å². The number of ether oxygens (including phenoxy) is 1. The molecular formula is C21H21F3N2O3S. The van der Waals surface area contributed by atoms with Gasteiger partial charge in [0.1, 0.15) is 11.7 Å². The van der Waals surface area contributed by atoms with Crippen molar-refractivity contribution in [2.45, 2.75) is 23.6 Å². The molecule has 5 nitrogen and oxygen atoms in total. The van der Waals surface area contributed by atoms with Crippen molar-refractivity contribution in [3.63, 3.8) is 0 Å². The molecule has 2 atom stereocenters. The number of halogens is 3. The molecule has 0 bridgehead atoms. The number of alkyl halides is 3. The fraction of sp³-hybridized carbons (Fsp3) is 0.333. The number of nitrogens with one attached hydrogen (secondary N) is 1. The summed E-state index contributed by atoms with van der Waals surface area (Å²) in [5.74, 6) is -2.53. The van der Waals surface area contributed by atoms with Gasteiger partial charge in [-0.2, -0.15) is 0 Å². The van der Waals surface area contributed by atoms with Crippen LogP contribution >= 0.6 is 11.8 Å². The number of nitrogens with zero attached hydrogens (tertiary/aromatic N) is 1. The van der Waals surface area contributed by atoms with Crippen LogP contribution < -0.4 is 10.1 Å².